The van der Waals surface area contributed by atoms with Gasteiger partial charge in [-0.15, -0.1) is 0 Å². The van der Waals surface area contributed by atoms with Gasteiger partial charge in [0.05, 0.1) is 30.2 Å². The second-order valence-electron chi connectivity index (χ2n) is 6.86. The highest BCUT2D eigenvalue weighted by atomic mass is 35.5. The molecule has 2 N–H and O–H groups in total. The summed E-state index contributed by atoms with van der Waals surface area (Å²) in [4.78, 5) is 51.1. The van der Waals surface area contributed by atoms with Gasteiger partial charge in [0.2, 0.25) is 11.8 Å². The van der Waals surface area contributed by atoms with Crippen LogP contribution < -0.4 is 10.6 Å². The zero-order chi connectivity index (χ0) is 22.8. The maximum Gasteiger partial charge on any atom is 0.417 e. The number of nitrogens with zero attached hydrogens (tertiary/aromatic N) is 2. The molecule has 0 aliphatic carbocycles. The monoisotopic (exact) mass is 462 g/mol. The summed E-state index contributed by atoms with van der Waals surface area (Å²) in [6.07, 6.45) is -4.99. The SMILES string of the molecule is O=C(CN1C(=O)N[C@@H](CC(=O)N2CCOCC2)C1=O)Nc1ccc(Cl)c(C(F)(F)F)c1. The maximum atomic E-state index is 12.9. The summed E-state index contributed by atoms with van der Waals surface area (Å²) in [6, 6.07) is 0.789. The van der Waals surface area contributed by atoms with Crippen molar-refractivity contribution in [1.82, 2.24) is 15.1 Å². The van der Waals surface area contributed by atoms with Crippen LogP contribution in [0.3, 0.4) is 0 Å². The van der Waals surface area contributed by atoms with E-state index in [0.29, 0.717) is 37.3 Å². The molecule has 0 saturated carbocycles. The Labute approximate surface area is 179 Å². The number of urea groups is 1. The predicted octanol–water partition coefficient (Wildman–Crippen LogP) is 1.47. The zero-order valence-electron chi connectivity index (χ0n) is 16.0. The number of nitrogens with one attached hydrogen (secondary N) is 2. The Balaban J connectivity index is 1.59. The van der Waals surface area contributed by atoms with Crippen LogP contribution in [0.2, 0.25) is 5.02 Å². The number of halogens is 4. The Morgan fingerprint density at radius 3 is 2.55 bits per heavy atom. The fraction of sp³-hybridized carbons (Fsp3) is 0.444. The summed E-state index contributed by atoms with van der Waals surface area (Å²) in [6.45, 7) is 0.784. The highest BCUT2D eigenvalue weighted by molar-refractivity contribution is 6.31. The van der Waals surface area contributed by atoms with Crippen LogP contribution in [0, 0.1) is 0 Å². The second-order valence-corrected chi connectivity index (χ2v) is 7.27. The van der Waals surface area contributed by atoms with Crippen molar-refractivity contribution in [2.45, 2.75) is 18.6 Å². The van der Waals surface area contributed by atoms with Crippen molar-refractivity contribution in [2.24, 2.45) is 0 Å². The minimum atomic E-state index is -4.72. The molecule has 31 heavy (non-hydrogen) atoms. The molecule has 1 aromatic rings. The molecule has 9 nitrogen and oxygen atoms in total. The summed E-state index contributed by atoms with van der Waals surface area (Å²) in [5, 5.41) is 4.00. The van der Waals surface area contributed by atoms with E-state index in [-0.39, 0.29) is 18.0 Å². The Morgan fingerprint density at radius 1 is 1.23 bits per heavy atom. The molecule has 13 heteroatoms. The molecule has 2 heterocycles. The van der Waals surface area contributed by atoms with Crippen LogP contribution in [-0.2, 0) is 25.3 Å². The Kier molecular flexibility index (Phi) is 6.70. The summed E-state index contributed by atoms with van der Waals surface area (Å²) >= 11 is 5.53. The Morgan fingerprint density at radius 2 is 1.90 bits per heavy atom. The molecule has 0 spiro atoms. The first kappa shape index (κ1) is 22.8. The van der Waals surface area contributed by atoms with Gasteiger partial charge in [-0.1, -0.05) is 11.6 Å². The number of hydrogen-bond acceptors (Lipinski definition) is 5. The number of carbonyl (C=O) groups excluding carboxylic acids is 4. The van der Waals surface area contributed by atoms with Gasteiger partial charge in [-0.25, -0.2) is 4.79 Å². The summed E-state index contributed by atoms with van der Waals surface area (Å²) in [7, 11) is 0. The summed E-state index contributed by atoms with van der Waals surface area (Å²) in [5.41, 5.74) is -1.34. The first-order valence-electron chi connectivity index (χ1n) is 9.20. The molecule has 3 rings (SSSR count). The van der Waals surface area contributed by atoms with E-state index in [0.717, 1.165) is 12.1 Å². The van der Waals surface area contributed by atoms with Gasteiger partial charge < -0.3 is 20.3 Å². The molecule has 0 bridgehead atoms. The minimum absolute atomic E-state index is 0.201. The van der Waals surface area contributed by atoms with Crippen molar-refractivity contribution in [1.29, 1.82) is 0 Å². The van der Waals surface area contributed by atoms with E-state index >= 15 is 0 Å². The van der Waals surface area contributed by atoms with Gasteiger partial charge >= 0.3 is 12.2 Å². The second kappa shape index (κ2) is 9.10. The molecule has 168 valence electrons. The van der Waals surface area contributed by atoms with Crippen molar-refractivity contribution in [3.63, 3.8) is 0 Å². The van der Waals surface area contributed by atoms with Gasteiger partial charge in [-0.2, -0.15) is 13.2 Å². The van der Waals surface area contributed by atoms with Gasteiger partial charge in [0, 0.05) is 18.8 Å². The number of rotatable bonds is 5. The van der Waals surface area contributed by atoms with Gasteiger partial charge in [0.15, 0.2) is 0 Å². The number of morpholine rings is 1. The maximum absolute atomic E-state index is 12.9. The van der Waals surface area contributed by atoms with Gasteiger partial charge in [0.1, 0.15) is 12.6 Å². The highest BCUT2D eigenvalue weighted by Crippen LogP contribution is 2.36. The van der Waals surface area contributed by atoms with Crippen molar-refractivity contribution in [2.75, 3.05) is 38.2 Å². The molecular formula is C18H18ClF3N4O5. The van der Waals surface area contributed by atoms with Crippen LogP contribution in [0.15, 0.2) is 18.2 Å². The number of ether oxygens (including phenoxy) is 1. The number of amides is 5. The van der Waals surface area contributed by atoms with Crippen LogP contribution in [0.25, 0.3) is 0 Å². The molecule has 0 aromatic heterocycles. The molecule has 0 radical (unpaired) electrons. The third kappa shape index (κ3) is 5.44. The van der Waals surface area contributed by atoms with Crippen molar-refractivity contribution in [3.8, 4) is 0 Å². The van der Waals surface area contributed by atoms with Crippen LogP contribution in [0.1, 0.15) is 12.0 Å². The lowest BCUT2D eigenvalue weighted by atomic mass is 10.1. The van der Waals surface area contributed by atoms with Crippen molar-refractivity contribution < 1.29 is 37.1 Å². The number of hydrogen-bond donors (Lipinski definition) is 2. The number of imide groups is 1. The van der Waals surface area contributed by atoms with E-state index in [1.165, 1.54) is 4.90 Å². The lowest BCUT2D eigenvalue weighted by molar-refractivity contribution is -0.139. The average Bonchev–Trinajstić information content (AvgIpc) is 2.96. The first-order valence-corrected chi connectivity index (χ1v) is 9.58. The summed E-state index contributed by atoms with van der Waals surface area (Å²) < 4.78 is 44.0. The topological polar surface area (TPSA) is 108 Å². The molecule has 1 atom stereocenters. The average molecular weight is 463 g/mol. The van der Waals surface area contributed by atoms with Gasteiger partial charge in [0.25, 0.3) is 5.91 Å². The Hall–Kier alpha value is -2.86. The van der Waals surface area contributed by atoms with E-state index in [1.807, 2.05) is 0 Å². The number of carbonyl (C=O) groups is 4. The fourth-order valence-corrected chi connectivity index (χ4v) is 3.37. The Bertz CT molecular complexity index is 905. The highest BCUT2D eigenvalue weighted by Gasteiger charge is 2.41. The number of alkyl halides is 3. The summed E-state index contributed by atoms with van der Waals surface area (Å²) in [5.74, 6) is -2.00. The van der Waals surface area contributed by atoms with Crippen LogP contribution >= 0.6 is 11.6 Å². The smallest absolute Gasteiger partial charge is 0.378 e. The molecule has 0 unspecified atom stereocenters. The third-order valence-electron chi connectivity index (χ3n) is 4.71. The van der Waals surface area contributed by atoms with Crippen LogP contribution in [0.5, 0.6) is 0 Å². The lowest BCUT2D eigenvalue weighted by Crippen LogP contribution is -2.44. The van der Waals surface area contributed by atoms with E-state index < -0.39 is 47.2 Å². The van der Waals surface area contributed by atoms with Crippen molar-refractivity contribution >= 4 is 41.0 Å². The van der Waals surface area contributed by atoms with E-state index in [9.17, 15) is 32.3 Å². The van der Waals surface area contributed by atoms with Gasteiger partial charge in [-0.05, 0) is 18.2 Å². The van der Waals surface area contributed by atoms with E-state index in [1.54, 1.807) is 0 Å². The van der Waals surface area contributed by atoms with Gasteiger partial charge in [-0.3, -0.25) is 19.3 Å². The van der Waals surface area contributed by atoms with Crippen molar-refractivity contribution in [3.05, 3.63) is 28.8 Å². The lowest BCUT2D eigenvalue weighted by Gasteiger charge is -2.27. The zero-order valence-corrected chi connectivity index (χ0v) is 16.8. The quantitative estimate of drug-likeness (QED) is 0.644. The molecule has 2 fully saturated rings. The molecule has 1 aromatic carbocycles. The molecule has 5 amide bonds. The first-order chi connectivity index (χ1) is 14.6. The number of anilines is 1. The standard InChI is InChI=1S/C18H18ClF3N4O5/c19-12-2-1-10(7-11(12)18(20,21)22)23-14(27)9-26-16(29)13(24-17(26)30)8-15(28)25-3-5-31-6-4-25/h1-2,7,13H,3-6,8-9H2,(H,23,27)(H,24,30)/t13-/m0/s1. The van der Waals surface area contributed by atoms with E-state index in [2.05, 4.69) is 10.6 Å². The largest absolute Gasteiger partial charge is 0.417 e. The van der Waals surface area contributed by atoms with E-state index in [4.69, 9.17) is 16.3 Å². The molecule has 2 aliphatic rings. The molecule has 2 aliphatic heterocycles. The predicted molar refractivity (Wildman–Crippen MR) is 101 cm³/mol. The molecular weight excluding hydrogens is 445 g/mol. The normalized spacial score (nSPS) is 19.4. The molecule has 2 saturated heterocycles. The minimum Gasteiger partial charge on any atom is -0.378 e. The van der Waals surface area contributed by atoms with Crippen LogP contribution in [-0.4, -0.2) is 72.4 Å². The fourth-order valence-electron chi connectivity index (χ4n) is 3.15. The van der Waals surface area contributed by atoms with Crippen LogP contribution in [0.4, 0.5) is 23.7 Å². The third-order valence-corrected chi connectivity index (χ3v) is 5.04. The number of benzene rings is 1.